The molecule has 0 bridgehead atoms. The van der Waals surface area contributed by atoms with E-state index in [0.29, 0.717) is 5.04 Å². The summed E-state index contributed by atoms with van der Waals surface area (Å²) in [6.45, 7) is 0. The molecule has 0 aliphatic carbocycles. The summed E-state index contributed by atoms with van der Waals surface area (Å²) in [6, 6.07) is 1.97. The van der Waals surface area contributed by atoms with Crippen LogP contribution in [0.3, 0.4) is 0 Å². The predicted molar refractivity (Wildman–Crippen MR) is 33.3 cm³/mol. The molecule has 0 saturated heterocycles. The fraction of sp³-hybridized carbons (Fsp3) is 0.500. The van der Waals surface area contributed by atoms with Crippen LogP contribution in [-0.2, 0) is 0 Å². The lowest BCUT2D eigenvalue weighted by molar-refractivity contribution is 0.430. The Balaban J connectivity index is 2.61. The molecule has 4 heteroatoms. The van der Waals surface area contributed by atoms with Gasteiger partial charge in [-0.2, -0.15) is 10.4 Å². The molecule has 0 saturated carbocycles. The first-order valence-electron chi connectivity index (χ1n) is 2.15. The lowest BCUT2D eigenvalue weighted by atomic mass is 10.8. The number of thioether (sulfide) groups is 1. The predicted octanol–water partition coefficient (Wildman–Crippen LogP) is 0.460. The van der Waals surface area contributed by atoms with Crippen LogP contribution in [-0.4, -0.2) is 23.0 Å². The average Bonchev–Trinajstić information content (AvgIpc) is 2.14. The molecule has 0 aromatic rings. The molecule has 42 valence electrons. The fourth-order valence-electron chi connectivity index (χ4n) is 0.422. The lowest BCUT2D eigenvalue weighted by Crippen LogP contribution is -2.02. The van der Waals surface area contributed by atoms with Crippen molar-refractivity contribution in [2.24, 2.45) is 5.10 Å². The molecule has 1 aliphatic rings. The van der Waals surface area contributed by atoms with Crippen LogP contribution in [0.15, 0.2) is 5.10 Å². The first-order chi connectivity index (χ1) is 3.83. The molecular weight excluding hydrogens is 122 g/mol. The van der Waals surface area contributed by atoms with E-state index in [1.807, 2.05) is 13.1 Å². The summed E-state index contributed by atoms with van der Waals surface area (Å²) in [4.78, 5) is 0. The highest BCUT2D eigenvalue weighted by Crippen LogP contribution is 2.13. The largest absolute Gasteiger partial charge is 0.288 e. The van der Waals surface area contributed by atoms with E-state index in [2.05, 4.69) is 5.10 Å². The topological polar surface area (TPSA) is 39.4 Å². The van der Waals surface area contributed by atoms with Crippen LogP contribution in [0, 0.1) is 11.3 Å². The van der Waals surface area contributed by atoms with Crippen molar-refractivity contribution in [1.29, 1.82) is 5.26 Å². The summed E-state index contributed by atoms with van der Waals surface area (Å²) in [5.74, 6) is 0.808. The molecule has 0 atom stereocenters. The van der Waals surface area contributed by atoms with Crippen LogP contribution < -0.4 is 0 Å². The quantitative estimate of drug-likeness (QED) is 0.474. The van der Waals surface area contributed by atoms with E-state index in [4.69, 9.17) is 5.26 Å². The second kappa shape index (κ2) is 2.05. The molecule has 0 aromatic heterocycles. The van der Waals surface area contributed by atoms with E-state index in [0.717, 1.165) is 5.88 Å². The van der Waals surface area contributed by atoms with E-state index in [9.17, 15) is 0 Å². The van der Waals surface area contributed by atoms with Crippen molar-refractivity contribution in [3.05, 3.63) is 0 Å². The van der Waals surface area contributed by atoms with Crippen LogP contribution >= 0.6 is 11.8 Å². The number of rotatable bonds is 0. The summed E-state index contributed by atoms with van der Waals surface area (Å²) >= 11 is 1.47. The Morgan fingerprint density at radius 1 is 2.00 bits per heavy atom. The zero-order valence-corrected chi connectivity index (χ0v) is 5.27. The van der Waals surface area contributed by atoms with Crippen LogP contribution in [0.2, 0.25) is 0 Å². The number of hydrazone groups is 1. The third kappa shape index (κ3) is 0.928. The van der Waals surface area contributed by atoms with Gasteiger partial charge in [0.25, 0.3) is 0 Å². The van der Waals surface area contributed by atoms with Gasteiger partial charge in [-0.25, -0.2) is 0 Å². The van der Waals surface area contributed by atoms with Gasteiger partial charge in [0.05, 0.1) is 5.88 Å². The molecule has 0 unspecified atom stereocenters. The molecule has 0 N–H and O–H groups in total. The van der Waals surface area contributed by atoms with E-state index < -0.39 is 0 Å². The van der Waals surface area contributed by atoms with Gasteiger partial charge in [-0.1, -0.05) is 11.8 Å². The third-order valence-corrected chi connectivity index (χ3v) is 1.69. The van der Waals surface area contributed by atoms with Crippen LogP contribution in [0.1, 0.15) is 0 Å². The minimum atomic E-state index is 0.563. The van der Waals surface area contributed by atoms with Gasteiger partial charge in [0.15, 0.2) is 5.04 Å². The maximum Gasteiger partial charge on any atom is 0.195 e. The zero-order chi connectivity index (χ0) is 5.98. The summed E-state index contributed by atoms with van der Waals surface area (Å²) in [7, 11) is 1.84. The maximum absolute atomic E-state index is 8.26. The summed E-state index contributed by atoms with van der Waals surface area (Å²) < 4.78 is 0. The summed E-state index contributed by atoms with van der Waals surface area (Å²) in [5.41, 5.74) is 0. The van der Waals surface area contributed by atoms with Crippen molar-refractivity contribution in [3.8, 4) is 6.07 Å². The number of hydrogen-bond acceptors (Lipinski definition) is 4. The van der Waals surface area contributed by atoms with Crippen molar-refractivity contribution < 1.29 is 0 Å². The Labute approximate surface area is 52.0 Å². The van der Waals surface area contributed by atoms with Crippen molar-refractivity contribution >= 4 is 16.8 Å². The number of nitrogens with zero attached hydrogens (tertiary/aromatic N) is 3. The molecule has 1 aliphatic heterocycles. The summed E-state index contributed by atoms with van der Waals surface area (Å²) in [5, 5.41) is 14.4. The molecule has 1 rings (SSSR count). The monoisotopic (exact) mass is 127 g/mol. The van der Waals surface area contributed by atoms with Crippen LogP contribution in [0.5, 0.6) is 0 Å². The number of nitriles is 1. The Hall–Kier alpha value is -0.690. The second-order valence-corrected chi connectivity index (χ2v) is 2.38. The molecule has 0 amide bonds. The van der Waals surface area contributed by atoms with E-state index in [-0.39, 0.29) is 0 Å². The highest BCUT2D eigenvalue weighted by molar-refractivity contribution is 8.14. The van der Waals surface area contributed by atoms with Gasteiger partial charge in [-0.05, 0) is 0 Å². The Bertz CT molecular complexity index is 157. The van der Waals surface area contributed by atoms with Crippen LogP contribution in [0.25, 0.3) is 0 Å². The first-order valence-corrected chi connectivity index (χ1v) is 3.14. The normalized spacial score (nSPS) is 18.0. The van der Waals surface area contributed by atoms with Gasteiger partial charge in [0.1, 0.15) is 6.07 Å². The van der Waals surface area contributed by atoms with Gasteiger partial charge < -0.3 is 0 Å². The standard InChI is InChI=1S/C4H5N3S/c1-7-3-8-4(2-5)6-7/h3H2,1H3. The highest BCUT2D eigenvalue weighted by Gasteiger charge is 2.08. The SMILES string of the molecule is CN1CSC(C#N)=N1. The number of hydrogen-bond donors (Lipinski definition) is 0. The molecule has 0 spiro atoms. The van der Waals surface area contributed by atoms with E-state index in [1.54, 1.807) is 5.01 Å². The third-order valence-electron chi connectivity index (χ3n) is 0.745. The Kier molecular flexibility index (Phi) is 1.40. The molecule has 8 heavy (non-hydrogen) atoms. The Morgan fingerprint density at radius 3 is 3.00 bits per heavy atom. The smallest absolute Gasteiger partial charge is 0.195 e. The fourth-order valence-corrected chi connectivity index (χ4v) is 1.05. The van der Waals surface area contributed by atoms with E-state index in [1.165, 1.54) is 11.8 Å². The van der Waals surface area contributed by atoms with Gasteiger partial charge in [-0.15, -0.1) is 0 Å². The van der Waals surface area contributed by atoms with E-state index >= 15 is 0 Å². The van der Waals surface area contributed by atoms with Crippen molar-refractivity contribution in [1.82, 2.24) is 5.01 Å². The van der Waals surface area contributed by atoms with Crippen molar-refractivity contribution in [2.45, 2.75) is 0 Å². The minimum Gasteiger partial charge on any atom is -0.288 e. The first kappa shape index (κ1) is 5.45. The van der Waals surface area contributed by atoms with Gasteiger partial charge in [0, 0.05) is 7.05 Å². The minimum absolute atomic E-state index is 0.563. The average molecular weight is 127 g/mol. The molecule has 0 radical (unpaired) electrons. The molecule has 3 nitrogen and oxygen atoms in total. The summed E-state index contributed by atoms with van der Waals surface area (Å²) in [6.07, 6.45) is 0. The highest BCUT2D eigenvalue weighted by atomic mass is 32.2. The maximum atomic E-state index is 8.26. The van der Waals surface area contributed by atoms with Gasteiger partial charge >= 0.3 is 0 Å². The van der Waals surface area contributed by atoms with Crippen molar-refractivity contribution in [3.63, 3.8) is 0 Å². The lowest BCUT2D eigenvalue weighted by Gasteiger charge is -1.98. The molecular formula is C4H5N3S. The van der Waals surface area contributed by atoms with Crippen LogP contribution in [0.4, 0.5) is 0 Å². The molecule has 0 fully saturated rings. The van der Waals surface area contributed by atoms with Gasteiger partial charge in [-0.3, -0.25) is 5.01 Å². The van der Waals surface area contributed by atoms with Crippen molar-refractivity contribution in [2.75, 3.05) is 12.9 Å². The second-order valence-electron chi connectivity index (χ2n) is 1.45. The van der Waals surface area contributed by atoms with Gasteiger partial charge in [0.2, 0.25) is 0 Å². The molecule has 0 aromatic carbocycles. The zero-order valence-electron chi connectivity index (χ0n) is 4.46. The molecule has 1 heterocycles. The Morgan fingerprint density at radius 2 is 2.75 bits per heavy atom.